The molecule has 0 bridgehead atoms. The third kappa shape index (κ3) is 1.63. The molecule has 5 unspecified atom stereocenters. The van der Waals surface area contributed by atoms with Gasteiger partial charge >= 0.3 is 0 Å². The second-order valence-corrected chi connectivity index (χ2v) is 6.50. The van der Waals surface area contributed by atoms with E-state index in [4.69, 9.17) is 0 Å². The molecule has 1 saturated heterocycles. The third-order valence-corrected chi connectivity index (χ3v) is 5.67. The van der Waals surface area contributed by atoms with Crippen LogP contribution in [-0.2, 0) is 0 Å². The van der Waals surface area contributed by atoms with E-state index < -0.39 is 0 Å². The van der Waals surface area contributed by atoms with Crippen molar-refractivity contribution < 1.29 is 0 Å². The van der Waals surface area contributed by atoms with Crippen LogP contribution in [0.4, 0.5) is 0 Å². The van der Waals surface area contributed by atoms with Crippen molar-refractivity contribution in [1.82, 2.24) is 4.90 Å². The van der Waals surface area contributed by atoms with Crippen molar-refractivity contribution in [2.24, 2.45) is 17.8 Å². The zero-order valence-corrected chi connectivity index (χ0v) is 11.0. The maximum Gasteiger partial charge on any atom is 0.0130 e. The molecule has 2 aliphatic carbocycles. The van der Waals surface area contributed by atoms with Crippen LogP contribution in [0.15, 0.2) is 0 Å². The van der Waals surface area contributed by atoms with Gasteiger partial charge in [-0.15, -0.1) is 0 Å². The van der Waals surface area contributed by atoms with Crippen molar-refractivity contribution in [2.45, 2.75) is 70.9 Å². The molecule has 3 aliphatic rings. The van der Waals surface area contributed by atoms with Gasteiger partial charge in [0.25, 0.3) is 0 Å². The first-order valence-corrected chi connectivity index (χ1v) is 7.57. The van der Waals surface area contributed by atoms with E-state index in [1.54, 1.807) is 0 Å². The van der Waals surface area contributed by atoms with Crippen LogP contribution >= 0.6 is 0 Å². The quantitative estimate of drug-likeness (QED) is 0.653. The van der Waals surface area contributed by atoms with E-state index in [2.05, 4.69) is 18.7 Å². The molecule has 1 heteroatoms. The second kappa shape index (κ2) is 4.33. The monoisotopic (exact) mass is 221 g/mol. The Hall–Kier alpha value is -0.0400. The summed E-state index contributed by atoms with van der Waals surface area (Å²) in [6, 6.07) is 1.94. The molecule has 3 rings (SSSR count). The van der Waals surface area contributed by atoms with Crippen molar-refractivity contribution in [3.8, 4) is 0 Å². The van der Waals surface area contributed by atoms with Crippen molar-refractivity contribution >= 4 is 0 Å². The van der Waals surface area contributed by atoms with Gasteiger partial charge in [-0.05, 0) is 56.4 Å². The maximum atomic E-state index is 2.89. The number of rotatable bonds is 1. The van der Waals surface area contributed by atoms with Gasteiger partial charge in [-0.3, -0.25) is 4.90 Å². The molecule has 0 spiro atoms. The Morgan fingerprint density at radius 3 is 2.50 bits per heavy atom. The zero-order chi connectivity index (χ0) is 11.1. The van der Waals surface area contributed by atoms with E-state index in [1.165, 1.54) is 51.5 Å². The van der Waals surface area contributed by atoms with Crippen LogP contribution < -0.4 is 0 Å². The van der Waals surface area contributed by atoms with Gasteiger partial charge in [0.15, 0.2) is 0 Å². The predicted octanol–water partition coefficient (Wildman–Crippen LogP) is 3.69. The second-order valence-electron chi connectivity index (χ2n) is 6.50. The fourth-order valence-electron chi connectivity index (χ4n) is 5.05. The lowest BCUT2D eigenvalue weighted by atomic mass is 9.71. The largest absolute Gasteiger partial charge is 0.297 e. The number of nitrogens with zero attached hydrogens (tertiary/aromatic N) is 1. The molecule has 0 radical (unpaired) electrons. The molecule has 0 amide bonds. The lowest BCUT2D eigenvalue weighted by Gasteiger charge is -2.35. The summed E-state index contributed by atoms with van der Waals surface area (Å²) in [5, 5.41) is 0. The Morgan fingerprint density at radius 1 is 0.938 bits per heavy atom. The van der Waals surface area contributed by atoms with Gasteiger partial charge < -0.3 is 0 Å². The predicted molar refractivity (Wildman–Crippen MR) is 68.4 cm³/mol. The highest BCUT2D eigenvalue weighted by Crippen LogP contribution is 2.49. The number of hydrogen-bond acceptors (Lipinski definition) is 1. The highest BCUT2D eigenvalue weighted by molar-refractivity contribution is 5.02. The van der Waals surface area contributed by atoms with Gasteiger partial charge in [0.05, 0.1) is 0 Å². The van der Waals surface area contributed by atoms with Crippen molar-refractivity contribution in [3.63, 3.8) is 0 Å². The molecule has 92 valence electrons. The van der Waals surface area contributed by atoms with Crippen molar-refractivity contribution in [1.29, 1.82) is 0 Å². The van der Waals surface area contributed by atoms with E-state index in [1.807, 2.05) is 0 Å². The molecule has 1 nitrogen and oxygen atoms in total. The summed E-state index contributed by atoms with van der Waals surface area (Å²) in [7, 11) is 0. The Morgan fingerprint density at radius 2 is 1.69 bits per heavy atom. The van der Waals surface area contributed by atoms with Crippen LogP contribution in [0.1, 0.15) is 58.8 Å². The summed E-state index contributed by atoms with van der Waals surface area (Å²) >= 11 is 0. The molecular formula is C15H27N. The fraction of sp³-hybridized carbons (Fsp3) is 1.00. The lowest BCUT2D eigenvalue weighted by molar-refractivity contribution is 0.136. The molecule has 5 atom stereocenters. The molecule has 1 heterocycles. The van der Waals surface area contributed by atoms with E-state index >= 15 is 0 Å². The maximum absolute atomic E-state index is 2.89. The first-order chi connectivity index (χ1) is 7.81. The molecule has 2 saturated carbocycles. The van der Waals surface area contributed by atoms with Gasteiger partial charge in [-0.1, -0.05) is 26.7 Å². The number of fused-ring (bicyclic) bond motifs is 3. The molecule has 3 fully saturated rings. The van der Waals surface area contributed by atoms with Gasteiger partial charge in [-0.2, -0.15) is 0 Å². The third-order valence-electron chi connectivity index (χ3n) is 5.67. The van der Waals surface area contributed by atoms with Crippen molar-refractivity contribution in [3.05, 3.63) is 0 Å². The first-order valence-electron chi connectivity index (χ1n) is 7.57. The van der Waals surface area contributed by atoms with Gasteiger partial charge in [0.2, 0.25) is 0 Å². The zero-order valence-electron chi connectivity index (χ0n) is 11.0. The van der Waals surface area contributed by atoms with Crippen molar-refractivity contribution in [2.75, 3.05) is 6.54 Å². The Kier molecular flexibility index (Phi) is 2.99. The summed E-state index contributed by atoms with van der Waals surface area (Å²) in [5.41, 5.74) is 0. The minimum atomic E-state index is 0.967. The summed E-state index contributed by atoms with van der Waals surface area (Å²) in [4.78, 5) is 2.89. The highest BCUT2D eigenvalue weighted by atomic mass is 15.2. The van der Waals surface area contributed by atoms with E-state index in [-0.39, 0.29) is 0 Å². The minimum Gasteiger partial charge on any atom is -0.297 e. The Bertz CT molecular complexity index is 244. The van der Waals surface area contributed by atoms with Crippen LogP contribution in [0.3, 0.4) is 0 Å². The van der Waals surface area contributed by atoms with E-state index in [0.29, 0.717) is 0 Å². The van der Waals surface area contributed by atoms with Gasteiger partial charge in [0.1, 0.15) is 0 Å². The van der Waals surface area contributed by atoms with Crippen LogP contribution in [-0.4, -0.2) is 23.5 Å². The fourth-order valence-corrected chi connectivity index (χ4v) is 5.05. The highest BCUT2D eigenvalue weighted by Gasteiger charge is 2.49. The van der Waals surface area contributed by atoms with Crippen LogP contribution in [0.2, 0.25) is 0 Å². The first kappa shape index (κ1) is 11.1. The normalized spacial score (nSPS) is 48.8. The van der Waals surface area contributed by atoms with E-state index in [0.717, 1.165) is 29.8 Å². The Balaban J connectivity index is 1.82. The summed E-state index contributed by atoms with van der Waals surface area (Å²) < 4.78 is 0. The topological polar surface area (TPSA) is 3.24 Å². The summed E-state index contributed by atoms with van der Waals surface area (Å²) in [6.45, 7) is 6.16. The molecular weight excluding hydrogens is 194 g/mol. The Labute approximate surface area is 101 Å². The molecule has 16 heavy (non-hydrogen) atoms. The lowest BCUT2D eigenvalue weighted by Crippen LogP contribution is -2.39. The summed E-state index contributed by atoms with van der Waals surface area (Å²) in [5.74, 6) is 3.14. The standard InChI is InChI=1S/C15H27N/c1-3-16-14-7-5-4-6-12(14)13-10-11(2)8-9-15(13)16/h11-15H,3-10H2,1-2H3. The number of hydrogen-bond donors (Lipinski definition) is 0. The molecule has 1 aliphatic heterocycles. The minimum absolute atomic E-state index is 0.967. The number of likely N-dealkylation sites (tertiary alicyclic amines) is 1. The molecule has 0 aromatic rings. The molecule has 0 aromatic heterocycles. The van der Waals surface area contributed by atoms with Gasteiger partial charge in [-0.25, -0.2) is 0 Å². The molecule has 0 aromatic carbocycles. The molecule has 0 N–H and O–H groups in total. The van der Waals surface area contributed by atoms with E-state index in [9.17, 15) is 0 Å². The van der Waals surface area contributed by atoms with Crippen LogP contribution in [0, 0.1) is 17.8 Å². The van der Waals surface area contributed by atoms with Gasteiger partial charge in [0, 0.05) is 12.1 Å². The summed E-state index contributed by atoms with van der Waals surface area (Å²) in [6.07, 6.45) is 10.5. The SMILES string of the molecule is CCN1C2CCCCC2C2CC(C)CCC21. The van der Waals surface area contributed by atoms with Crippen LogP contribution in [0.25, 0.3) is 0 Å². The average Bonchev–Trinajstić information content (AvgIpc) is 2.62. The average molecular weight is 221 g/mol. The smallest absolute Gasteiger partial charge is 0.0130 e. The van der Waals surface area contributed by atoms with Crippen LogP contribution in [0.5, 0.6) is 0 Å².